The number of rotatable bonds is 11. The summed E-state index contributed by atoms with van der Waals surface area (Å²) in [5, 5.41) is 2.89. The fourth-order valence-corrected chi connectivity index (χ4v) is 4.74. The first-order valence-electron chi connectivity index (χ1n) is 11.8. The molecule has 8 heteroatoms. The predicted molar refractivity (Wildman–Crippen MR) is 114 cm³/mol. The van der Waals surface area contributed by atoms with Gasteiger partial charge in [-0.2, -0.15) is 0 Å². The minimum atomic E-state index is -0.698. The number of carbonyl (C=O) groups excluding carboxylic acids is 3. The maximum absolute atomic E-state index is 13.0. The maximum atomic E-state index is 13.0. The molecule has 0 bridgehead atoms. The van der Waals surface area contributed by atoms with E-state index in [0.29, 0.717) is 19.4 Å². The Morgan fingerprint density at radius 1 is 1.07 bits per heavy atom. The molecule has 4 amide bonds. The molecule has 0 aromatic rings. The highest BCUT2D eigenvalue weighted by Crippen LogP contribution is 2.35. The van der Waals surface area contributed by atoms with Gasteiger partial charge >= 0.3 is 6.03 Å². The van der Waals surface area contributed by atoms with Crippen molar-refractivity contribution in [1.29, 1.82) is 0 Å². The Hall–Kier alpha value is -1.67. The number of ether oxygens (including phenoxy) is 1. The van der Waals surface area contributed by atoms with Crippen molar-refractivity contribution >= 4 is 17.8 Å². The van der Waals surface area contributed by atoms with Crippen LogP contribution in [0.25, 0.3) is 0 Å². The van der Waals surface area contributed by atoms with Gasteiger partial charge in [-0.05, 0) is 19.3 Å². The number of hydrogen-bond acceptors (Lipinski definition) is 5. The summed E-state index contributed by atoms with van der Waals surface area (Å²) in [6, 6.07) is -0.336. The smallest absolute Gasteiger partial charge is 0.325 e. The van der Waals surface area contributed by atoms with E-state index in [0.717, 1.165) is 71.5 Å². The molecular weight excluding hydrogens is 384 g/mol. The molecule has 0 radical (unpaired) electrons. The Kier molecular flexibility index (Phi) is 8.50. The fraction of sp³-hybridized carbons (Fsp3) is 0.864. The van der Waals surface area contributed by atoms with E-state index in [1.165, 1.54) is 11.3 Å². The van der Waals surface area contributed by atoms with E-state index in [1.807, 2.05) is 4.90 Å². The first-order valence-corrected chi connectivity index (χ1v) is 11.8. The summed E-state index contributed by atoms with van der Waals surface area (Å²) >= 11 is 0. The van der Waals surface area contributed by atoms with Gasteiger partial charge in [0, 0.05) is 45.7 Å². The van der Waals surface area contributed by atoms with Crippen LogP contribution in [0.2, 0.25) is 0 Å². The van der Waals surface area contributed by atoms with Crippen molar-refractivity contribution in [3.63, 3.8) is 0 Å². The molecule has 3 aliphatic rings. The van der Waals surface area contributed by atoms with E-state index in [-0.39, 0.29) is 30.8 Å². The fourth-order valence-electron chi connectivity index (χ4n) is 4.74. The molecule has 170 valence electrons. The predicted octanol–water partition coefficient (Wildman–Crippen LogP) is 1.98. The number of urea groups is 1. The van der Waals surface area contributed by atoms with Crippen molar-refractivity contribution in [2.45, 2.75) is 70.3 Å². The Morgan fingerprint density at radius 2 is 1.80 bits per heavy atom. The van der Waals surface area contributed by atoms with Gasteiger partial charge in [0.1, 0.15) is 5.54 Å². The van der Waals surface area contributed by atoms with Crippen LogP contribution in [-0.2, 0) is 14.3 Å². The third-order valence-corrected chi connectivity index (χ3v) is 6.68. The van der Waals surface area contributed by atoms with Crippen LogP contribution in [0.4, 0.5) is 4.79 Å². The van der Waals surface area contributed by atoms with E-state index in [4.69, 9.17) is 4.74 Å². The van der Waals surface area contributed by atoms with Crippen molar-refractivity contribution in [1.82, 2.24) is 20.0 Å². The topological polar surface area (TPSA) is 82.2 Å². The number of nitrogens with zero attached hydrogens (tertiary/aromatic N) is 3. The summed E-state index contributed by atoms with van der Waals surface area (Å²) in [7, 11) is 0. The van der Waals surface area contributed by atoms with Gasteiger partial charge in [-0.1, -0.05) is 39.0 Å². The zero-order valence-corrected chi connectivity index (χ0v) is 18.5. The van der Waals surface area contributed by atoms with Crippen LogP contribution in [0.1, 0.15) is 64.7 Å². The SMILES string of the molecule is CCCCCCN(CCN1CCOCC1)C(=O)CCN1C(=O)NC2(CCCC2)C1=O. The molecule has 1 aliphatic carbocycles. The van der Waals surface area contributed by atoms with E-state index < -0.39 is 5.54 Å². The lowest BCUT2D eigenvalue weighted by molar-refractivity contribution is -0.134. The van der Waals surface area contributed by atoms with Gasteiger partial charge in [0.15, 0.2) is 0 Å². The van der Waals surface area contributed by atoms with Gasteiger partial charge in [0.25, 0.3) is 5.91 Å². The van der Waals surface area contributed by atoms with E-state index >= 15 is 0 Å². The molecular formula is C22H38N4O4. The van der Waals surface area contributed by atoms with Crippen LogP contribution in [-0.4, -0.2) is 90.6 Å². The third kappa shape index (κ3) is 5.72. The zero-order chi connectivity index (χ0) is 21.4. The molecule has 1 spiro atoms. The molecule has 0 atom stereocenters. The Labute approximate surface area is 180 Å². The number of unbranched alkanes of at least 4 members (excludes halogenated alkanes) is 3. The summed E-state index contributed by atoms with van der Waals surface area (Å²) in [5.41, 5.74) is -0.698. The standard InChI is InChI=1S/C22H38N4O4/c1-2-3-4-7-11-25(14-13-24-15-17-30-18-16-24)19(27)8-12-26-20(28)22(23-21(26)29)9-5-6-10-22/h2-18H2,1H3,(H,23,29). The number of hydrogen-bond donors (Lipinski definition) is 1. The summed E-state index contributed by atoms with van der Waals surface area (Å²) in [4.78, 5) is 43.6. The number of carbonyl (C=O) groups is 3. The van der Waals surface area contributed by atoms with Crippen LogP contribution in [0, 0.1) is 0 Å². The molecule has 3 fully saturated rings. The molecule has 2 aliphatic heterocycles. The molecule has 0 unspecified atom stereocenters. The lowest BCUT2D eigenvalue weighted by Crippen LogP contribution is -2.45. The summed E-state index contributed by atoms with van der Waals surface area (Å²) < 4.78 is 5.40. The minimum Gasteiger partial charge on any atom is -0.379 e. The van der Waals surface area contributed by atoms with Crippen molar-refractivity contribution in [2.24, 2.45) is 0 Å². The monoisotopic (exact) mass is 422 g/mol. The van der Waals surface area contributed by atoms with Crippen LogP contribution in [0.15, 0.2) is 0 Å². The van der Waals surface area contributed by atoms with Gasteiger partial charge in [-0.3, -0.25) is 19.4 Å². The first kappa shape index (κ1) is 23.0. The Balaban J connectivity index is 1.50. The van der Waals surface area contributed by atoms with Gasteiger partial charge < -0.3 is 15.0 Å². The van der Waals surface area contributed by atoms with Gasteiger partial charge in [0.05, 0.1) is 13.2 Å². The van der Waals surface area contributed by atoms with Gasteiger partial charge in [-0.15, -0.1) is 0 Å². The van der Waals surface area contributed by atoms with Crippen LogP contribution in [0.3, 0.4) is 0 Å². The molecule has 3 rings (SSSR count). The average Bonchev–Trinajstić information content (AvgIpc) is 3.31. The van der Waals surface area contributed by atoms with Crippen molar-refractivity contribution in [2.75, 3.05) is 52.5 Å². The van der Waals surface area contributed by atoms with Crippen LogP contribution >= 0.6 is 0 Å². The maximum Gasteiger partial charge on any atom is 0.325 e. The van der Waals surface area contributed by atoms with Crippen LogP contribution in [0.5, 0.6) is 0 Å². The van der Waals surface area contributed by atoms with E-state index in [9.17, 15) is 14.4 Å². The molecule has 0 aromatic heterocycles. The number of morpholine rings is 1. The van der Waals surface area contributed by atoms with Crippen molar-refractivity contribution in [3.05, 3.63) is 0 Å². The molecule has 8 nitrogen and oxygen atoms in total. The summed E-state index contributed by atoms with van der Waals surface area (Å²) in [6.45, 7) is 7.93. The van der Waals surface area contributed by atoms with Gasteiger partial charge in [0.2, 0.25) is 5.91 Å². The molecule has 2 heterocycles. The van der Waals surface area contributed by atoms with Crippen molar-refractivity contribution < 1.29 is 19.1 Å². The second-order valence-electron chi connectivity index (χ2n) is 8.82. The average molecular weight is 423 g/mol. The Bertz CT molecular complexity index is 600. The van der Waals surface area contributed by atoms with Gasteiger partial charge in [-0.25, -0.2) is 4.79 Å². The normalized spacial score (nSPS) is 21.4. The second kappa shape index (κ2) is 11.1. The summed E-state index contributed by atoms with van der Waals surface area (Å²) in [6.07, 6.45) is 8.01. The summed E-state index contributed by atoms with van der Waals surface area (Å²) in [5.74, 6) is -0.103. The lowest BCUT2D eigenvalue weighted by Gasteiger charge is -2.30. The molecule has 0 aromatic carbocycles. The van der Waals surface area contributed by atoms with E-state index in [1.54, 1.807) is 0 Å². The number of imide groups is 1. The second-order valence-corrected chi connectivity index (χ2v) is 8.82. The highest BCUT2D eigenvalue weighted by atomic mass is 16.5. The first-order chi connectivity index (χ1) is 14.6. The lowest BCUT2D eigenvalue weighted by atomic mass is 9.98. The highest BCUT2D eigenvalue weighted by Gasteiger charge is 2.52. The number of amides is 4. The Morgan fingerprint density at radius 3 is 2.50 bits per heavy atom. The molecule has 1 saturated carbocycles. The largest absolute Gasteiger partial charge is 0.379 e. The number of nitrogens with one attached hydrogen (secondary N) is 1. The van der Waals surface area contributed by atoms with Crippen molar-refractivity contribution in [3.8, 4) is 0 Å². The minimum absolute atomic E-state index is 0.0349. The third-order valence-electron chi connectivity index (χ3n) is 6.68. The zero-order valence-electron chi connectivity index (χ0n) is 18.5. The molecule has 1 N–H and O–H groups in total. The van der Waals surface area contributed by atoms with Crippen LogP contribution < -0.4 is 5.32 Å². The quantitative estimate of drug-likeness (QED) is 0.407. The molecule has 30 heavy (non-hydrogen) atoms. The molecule has 2 saturated heterocycles. The highest BCUT2D eigenvalue weighted by molar-refractivity contribution is 6.07. The van der Waals surface area contributed by atoms with E-state index in [2.05, 4.69) is 17.1 Å².